The van der Waals surface area contributed by atoms with Gasteiger partial charge in [-0.15, -0.1) is 0 Å². The Bertz CT molecular complexity index is 694. The summed E-state index contributed by atoms with van der Waals surface area (Å²) in [5.41, 5.74) is 1.99. The third-order valence-corrected chi connectivity index (χ3v) is 5.46. The van der Waals surface area contributed by atoms with Crippen molar-refractivity contribution in [3.63, 3.8) is 0 Å². The van der Waals surface area contributed by atoms with Gasteiger partial charge in [0.25, 0.3) is 5.91 Å². The van der Waals surface area contributed by atoms with Crippen molar-refractivity contribution in [2.24, 2.45) is 5.92 Å². The van der Waals surface area contributed by atoms with Crippen molar-refractivity contribution in [1.29, 1.82) is 0 Å². The van der Waals surface area contributed by atoms with Crippen LogP contribution in [0, 0.1) is 5.92 Å². The molecular formula is C22H27ClN2O. The molecule has 4 heteroatoms. The third-order valence-electron chi connectivity index (χ3n) is 5.21. The van der Waals surface area contributed by atoms with Crippen LogP contribution in [0.5, 0.6) is 0 Å². The molecule has 0 aromatic heterocycles. The quantitative estimate of drug-likeness (QED) is 0.753. The van der Waals surface area contributed by atoms with Gasteiger partial charge in [0, 0.05) is 23.7 Å². The Morgan fingerprint density at radius 2 is 1.73 bits per heavy atom. The van der Waals surface area contributed by atoms with Crippen LogP contribution >= 0.6 is 11.6 Å². The number of piperidine rings is 1. The number of amides is 1. The topological polar surface area (TPSA) is 23.6 Å². The summed E-state index contributed by atoms with van der Waals surface area (Å²) in [5, 5.41) is 0.660. The van der Waals surface area contributed by atoms with E-state index >= 15 is 0 Å². The van der Waals surface area contributed by atoms with Crippen LogP contribution in [-0.2, 0) is 6.42 Å². The van der Waals surface area contributed by atoms with Gasteiger partial charge in [0.15, 0.2) is 0 Å². The summed E-state index contributed by atoms with van der Waals surface area (Å²) in [4.78, 5) is 17.5. The summed E-state index contributed by atoms with van der Waals surface area (Å²) < 4.78 is 0. The minimum absolute atomic E-state index is 0.108. The van der Waals surface area contributed by atoms with Gasteiger partial charge in [-0.1, -0.05) is 41.9 Å². The van der Waals surface area contributed by atoms with Crippen LogP contribution in [0.3, 0.4) is 0 Å². The zero-order chi connectivity index (χ0) is 18.4. The van der Waals surface area contributed by atoms with Crippen LogP contribution < -0.4 is 0 Å². The first-order valence-electron chi connectivity index (χ1n) is 9.39. The summed E-state index contributed by atoms with van der Waals surface area (Å²) in [6, 6.07) is 17.6. The van der Waals surface area contributed by atoms with E-state index in [0.29, 0.717) is 10.9 Å². The average molecular weight is 371 g/mol. The molecular weight excluding hydrogens is 344 g/mol. The molecule has 1 aliphatic heterocycles. The van der Waals surface area contributed by atoms with Gasteiger partial charge in [0.05, 0.1) is 0 Å². The minimum Gasteiger partial charge on any atom is -0.338 e. The molecule has 1 amide bonds. The normalized spacial score (nSPS) is 15.8. The van der Waals surface area contributed by atoms with Crippen LogP contribution in [0.4, 0.5) is 0 Å². The van der Waals surface area contributed by atoms with E-state index in [1.807, 2.05) is 23.1 Å². The van der Waals surface area contributed by atoms with Crippen LogP contribution in [0.1, 0.15) is 28.8 Å². The predicted octanol–water partition coefficient (Wildman–Crippen LogP) is 4.37. The molecule has 2 aromatic carbocycles. The molecule has 2 aromatic rings. The van der Waals surface area contributed by atoms with Gasteiger partial charge in [-0.05, 0) is 75.1 Å². The highest BCUT2D eigenvalue weighted by molar-refractivity contribution is 6.30. The second-order valence-corrected chi connectivity index (χ2v) is 7.68. The van der Waals surface area contributed by atoms with Crippen molar-refractivity contribution in [3.8, 4) is 0 Å². The van der Waals surface area contributed by atoms with Crippen molar-refractivity contribution in [3.05, 3.63) is 70.7 Å². The van der Waals surface area contributed by atoms with Gasteiger partial charge in [0.2, 0.25) is 0 Å². The standard InChI is InChI=1S/C22H27ClN2O/c1-24-14-11-19(12-15-24)17-25(16-13-18-5-3-2-4-6-18)22(26)20-7-9-21(23)10-8-20/h2-10,19H,11-17H2,1H3. The van der Waals surface area contributed by atoms with Crippen molar-refractivity contribution < 1.29 is 4.79 Å². The molecule has 0 bridgehead atoms. The number of carbonyl (C=O) groups excluding carboxylic acids is 1. The van der Waals surface area contributed by atoms with E-state index in [2.05, 4.69) is 36.2 Å². The maximum Gasteiger partial charge on any atom is 0.253 e. The van der Waals surface area contributed by atoms with Gasteiger partial charge in [0.1, 0.15) is 0 Å². The lowest BCUT2D eigenvalue weighted by molar-refractivity contribution is 0.0700. The second-order valence-electron chi connectivity index (χ2n) is 7.24. The van der Waals surface area contributed by atoms with E-state index in [4.69, 9.17) is 11.6 Å². The Morgan fingerprint density at radius 3 is 2.38 bits per heavy atom. The number of likely N-dealkylation sites (tertiary alicyclic amines) is 1. The monoisotopic (exact) mass is 370 g/mol. The van der Waals surface area contributed by atoms with Crippen LogP contribution in [0.25, 0.3) is 0 Å². The zero-order valence-corrected chi connectivity index (χ0v) is 16.2. The lowest BCUT2D eigenvalue weighted by Gasteiger charge is -2.33. The highest BCUT2D eigenvalue weighted by Gasteiger charge is 2.23. The summed E-state index contributed by atoms with van der Waals surface area (Å²) >= 11 is 5.98. The fourth-order valence-electron chi connectivity index (χ4n) is 3.52. The molecule has 1 heterocycles. The Labute approximate surface area is 161 Å². The summed E-state index contributed by atoms with van der Waals surface area (Å²) in [5.74, 6) is 0.690. The average Bonchev–Trinajstić information content (AvgIpc) is 2.67. The Morgan fingerprint density at radius 1 is 1.08 bits per heavy atom. The fourth-order valence-corrected chi connectivity index (χ4v) is 3.64. The first-order valence-corrected chi connectivity index (χ1v) is 9.77. The third kappa shape index (κ3) is 5.33. The second kappa shape index (κ2) is 9.20. The molecule has 1 aliphatic rings. The summed E-state index contributed by atoms with van der Waals surface area (Å²) in [6.07, 6.45) is 3.20. The van der Waals surface area contributed by atoms with Crippen molar-refractivity contribution >= 4 is 17.5 Å². The molecule has 1 fully saturated rings. The van der Waals surface area contributed by atoms with Crippen molar-refractivity contribution in [1.82, 2.24) is 9.80 Å². The van der Waals surface area contributed by atoms with Crippen LogP contribution in [0.2, 0.25) is 5.02 Å². The van der Waals surface area contributed by atoms with Gasteiger partial charge in [-0.3, -0.25) is 4.79 Å². The number of hydrogen-bond acceptors (Lipinski definition) is 2. The number of nitrogens with zero attached hydrogens (tertiary/aromatic N) is 2. The molecule has 0 aliphatic carbocycles. The van der Waals surface area contributed by atoms with E-state index in [1.54, 1.807) is 12.1 Å². The maximum atomic E-state index is 13.1. The number of benzene rings is 2. The van der Waals surface area contributed by atoms with E-state index < -0.39 is 0 Å². The minimum atomic E-state index is 0.108. The van der Waals surface area contributed by atoms with Crippen molar-refractivity contribution in [2.45, 2.75) is 19.3 Å². The number of carbonyl (C=O) groups is 1. The molecule has 0 atom stereocenters. The number of halogens is 1. The van der Waals surface area contributed by atoms with Gasteiger partial charge >= 0.3 is 0 Å². The molecule has 0 radical (unpaired) electrons. The van der Waals surface area contributed by atoms with Gasteiger partial charge < -0.3 is 9.80 Å². The zero-order valence-electron chi connectivity index (χ0n) is 15.4. The molecule has 3 nitrogen and oxygen atoms in total. The number of hydrogen-bond donors (Lipinski definition) is 0. The Kier molecular flexibility index (Phi) is 6.70. The highest BCUT2D eigenvalue weighted by atomic mass is 35.5. The lowest BCUT2D eigenvalue weighted by Crippen LogP contribution is -2.40. The first-order chi connectivity index (χ1) is 12.6. The Balaban J connectivity index is 1.69. The molecule has 0 saturated carbocycles. The molecule has 0 N–H and O–H groups in total. The highest BCUT2D eigenvalue weighted by Crippen LogP contribution is 2.20. The van der Waals surface area contributed by atoms with Crippen LogP contribution in [-0.4, -0.2) is 48.9 Å². The van der Waals surface area contributed by atoms with E-state index in [0.717, 1.165) is 51.0 Å². The summed E-state index contributed by atoms with van der Waals surface area (Å²) in [6.45, 7) is 3.82. The molecule has 3 rings (SSSR count). The van der Waals surface area contributed by atoms with Gasteiger partial charge in [-0.25, -0.2) is 0 Å². The molecule has 1 saturated heterocycles. The number of rotatable bonds is 6. The van der Waals surface area contributed by atoms with E-state index in [-0.39, 0.29) is 5.91 Å². The lowest BCUT2D eigenvalue weighted by atomic mass is 9.96. The van der Waals surface area contributed by atoms with E-state index in [9.17, 15) is 4.79 Å². The van der Waals surface area contributed by atoms with Crippen molar-refractivity contribution in [2.75, 3.05) is 33.2 Å². The van der Waals surface area contributed by atoms with Crippen LogP contribution in [0.15, 0.2) is 54.6 Å². The first kappa shape index (κ1) is 18.9. The summed E-state index contributed by atoms with van der Waals surface area (Å²) in [7, 11) is 2.17. The molecule has 0 spiro atoms. The molecule has 26 heavy (non-hydrogen) atoms. The SMILES string of the molecule is CN1CCC(CN(CCc2ccccc2)C(=O)c2ccc(Cl)cc2)CC1. The molecule has 138 valence electrons. The largest absolute Gasteiger partial charge is 0.338 e. The van der Waals surface area contributed by atoms with E-state index in [1.165, 1.54) is 5.56 Å². The predicted molar refractivity (Wildman–Crippen MR) is 108 cm³/mol. The van der Waals surface area contributed by atoms with Gasteiger partial charge in [-0.2, -0.15) is 0 Å². The smallest absolute Gasteiger partial charge is 0.253 e. The maximum absolute atomic E-state index is 13.1. The fraction of sp³-hybridized carbons (Fsp3) is 0.409. The molecule has 0 unspecified atom stereocenters. The Hall–Kier alpha value is -1.84.